The molecular formula is C72H104Cl2N4O12. The van der Waals surface area contributed by atoms with Crippen molar-refractivity contribution in [3.05, 3.63) is 152 Å². The molecule has 0 spiro atoms. The summed E-state index contributed by atoms with van der Waals surface area (Å²) in [6.07, 6.45) is 34.1. The minimum Gasteiger partial charge on any atom is -1.00 e. The van der Waals surface area contributed by atoms with Gasteiger partial charge in [0.1, 0.15) is 24.0 Å². The molecule has 90 heavy (non-hydrogen) atoms. The highest BCUT2D eigenvalue weighted by atomic mass is 35.5. The van der Waals surface area contributed by atoms with Crippen LogP contribution >= 0.6 is 11.6 Å². The molecule has 18 heteroatoms. The number of likely N-dealkylation sites (N-methyl/N-ethyl adjacent to an activating group) is 4. The van der Waals surface area contributed by atoms with Gasteiger partial charge in [-0.2, -0.15) is 0 Å². The van der Waals surface area contributed by atoms with Gasteiger partial charge in [-0.1, -0.05) is 105 Å². The first-order valence-electron chi connectivity index (χ1n) is 31.4. The fraction of sp³-hybridized carbons (Fsp3) is 0.556. The third-order valence-corrected chi connectivity index (χ3v) is 17.1. The van der Waals surface area contributed by atoms with Crippen molar-refractivity contribution in [3.8, 4) is 0 Å². The molecule has 0 amide bonds. The normalized spacial score (nSPS) is 17.1. The van der Waals surface area contributed by atoms with Crippen LogP contribution in [0.25, 0.3) is 12.2 Å². The average Bonchev–Trinajstić information content (AvgIpc) is 0.811. The summed E-state index contributed by atoms with van der Waals surface area (Å²) >= 11 is 5.58. The predicted octanol–water partition coefficient (Wildman–Crippen LogP) is 8.38. The van der Waals surface area contributed by atoms with E-state index in [0.29, 0.717) is 37.0 Å². The maximum Gasteiger partial charge on any atom is 0.508 e. The number of benzene rings is 2. The Morgan fingerprint density at radius 2 is 0.944 bits per heavy atom. The zero-order chi connectivity index (χ0) is 63.9. The number of aryl methyl sites for hydroxylation is 2. The predicted molar refractivity (Wildman–Crippen MR) is 356 cm³/mol. The third kappa shape index (κ3) is 22.5. The Bertz CT molecular complexity index is 2950. The molecule has 0 radical (unpaired) electrons. The van der Waals surface area contributed by atoms with Crippen LogP contribution in [0.2, 0.25) is 0 Å². The summed E-state index contributed by atoms with van der Waals surface area (Å²) in [6.45, 7) is 7.59. The van der Waals surface area contributed by atoms with Gasteiger partial charge in [0.15, 0.2) is 0 Å². The number of ether oxygens (including phenoxy) is 6. The summed E-state index contributed by atoms with van der Waals surface area (Å²) in [7, 11) is 16.9. The van der Waals surface area contributed by atoms with Crippen LogP contribution in [0.15, 0.2) is 107 Å². The van der Waals surface area contributed by atoms with E-state index in [2.05, 4.69) is 168 Å². The van der Waals surface area contributed by atoms with E-state index in [9.17, 15) is 29.4 Å². The lowest BCUT2D eigenvalue weighted by Gasteiger charge is -2.34. The molecule has 0 saturated heterocycles. The van der Waals surface area contributed by atoms with E-state index in [4.69, 9.17) is 40.0 Å². The van der Waals surface area contributed by atoms with Gasteiger partial charge in [-0.05, 0) is 194 Å². The Hall–Kier alpha value is -5.82. The van der Waals surface area contributed by atoms with Crippen molar-refractivity contribution in [2.75, 3.05) is 148 Å². The molecular weight excluding hydrogens is 1180 g/mol. The van der Waals surface area contributed by atoms with E-state index in [1.165, 1.54) is 80.6 Å². The number of unbranched alkanes of at least 4 members (excludes halogenated alkanes) is 3. The largest absolute Gasteiger partial charge is 1.00 e. The number of hydrogen-bond acceptors (Lipinski definition) is 15. The van der Waals surface area contributed by atoms with Crippen molar-refractivity contribution in [3.63, 3.8) is 0 Å². The van der Waals surface area contributed by atoms with Gasteiger partial charge >= 0.3 is 24.2 Å². The Kier molecular flexibility index (Phi) is 32.0. The van der Waals surface area contributed by atoms with Crippen LogP contribution in [-0.2, 0) is 63.7 Å². The van der Waals surface area contributed by atoms with Crippen LogP contribution in [-0.4, -0.2) is 201 Å². The number of carbonyl (C=O) groups is 4. The number of alkyl halides is 1. The van der Waals surface area contributed by atoms with E-state index < -0.39 is 48.3 Å². The lowest BCUT2D eigenvalue weighted by Crippen LogP contribution is -3.00. The van der Waals surface area contributed by atoms with E-state index >= 15 is 0 Å². The van der Waals surface area contributed by atoms with Gasteiger partial charge in [-0.15, -0.1) is 11.6 Å². The van der Waals surface area contributed by atoms with Gasteiger partial charge in [0.05, 0.1) is 66.8 Å². The molecule has 16 nitrogen and oxygen atoms in total. The molecule has 8 rings (SSSR count). The second-order valence-electron chi connectivity index (χ2n) is 25.8. The van der Waals surface area contributed by atoms with Gasteiger partial charge < -0.3 is 70.2 Å². The third-order valence-electron chi connectivity index (χ3n) is 16.9. The highest BCUT2D eigenvalue weighted by Gasteiger charge is 2.38. The summed E-state index contributed by atoms with van der Waals surface area (Å²) in [4.78, 5) is 55.6. The van der Waals surface area contributed by atoms with Crippen molar-refractivity contribution in [1.82, 2.24) is 14.7 Å². The van der Waals surface area contributed by atoms with Gasteiger partial charge in [-0.25, -0.2) is 9.59 Å². The summed E-state index contributed by atoms with van der Waals surface area (Å²) < 4.78 is 32.1. The molecule has 2 aromatic rings. The second kappa shape index (κ2) is 37.6. The smallest absolute Gasteiger partial charge is 0.508 e. The minimum atomic E-state index is -1.34. The quantitative estimate of drug-likeness (QED) is 0.0235. The fourth-order valence-corrected chi connectivity index (χ4v) is 11.3. The van der Waals surface area contributed by atoms with Gasteiger partial charge in [0, 0.05) is 37.4 Å². The van der Waals surface area contributed by atoms with Crippen molar-refractivity contribution >= 4 is 48.0 Å². The van der Waals surface area contributed by atoms with Gasteiger partial charge in [0.25, 0.3) is 0 Å². The van der Waals surface area contributed by atoms with E-state index in [1.807, 2.05) is 0 Å². The maximum absolute atomic E-state index is 12.7. The molecule has 0 fully saturated rings. The molecule has 0 bridgehead atoms. The molecule has 2 N–H and O–H groups in total. The van der Waals surface area contributed by atoms with Crippen molar-refractivity contribution in [2.45, 2.75) is 104 Å². The number of quaternary nitrogens is 1. The monoisotopic (exact) mass is 1290 g/mol. The van der Waals surface area contributed by atoms with Crippen molar-refractivity contribution in [1.29, 1.82) is 0 Å². The minimum absolute atomic E-state index is 0. The number of allylic oxidation sites excluding steroid dienone is 14. The van der Waals surface area contributed by atoms with Crippen molar-refractivity contribution in [2.24, 2.45) is 10.8 Å². The molecule has 4 atom stereocenters. The summed E-state index contributed by atoms with van der Waals surface area (Å²) in [5.41, 5.74) is 13.8. The van der Waals surface area contributed by atoms with Crippen LogP contribution in [0.4, 0.5) is 9.59 Å². The molecule has 0 heterocycles. The second-order valence-corrected chi connectivity index (χ2v) is 26.1. The molecule has 498 valence electrons. The molecule has 0 aromatic heterocycles. The van der Waals surface area contributed by atoms with Gasteiger partial charge in [-0.3, -0.25) is 9.59 Å². The zero-order valence-corrected chi connectivity index (χ0v) is 56.1. The lowest BCUT2D eigenvalue weighted by molar-refractivity contribution is -0.890. The summed E-state index contributed by atoms with van der Waals surface area (Å²) in [6, 6.07) is 8.98. The molecule has 0 aliphatic heterocycles. The van der Waals surface area contributed by atoms with Crippen LogP contribution < -0.4 is 12.4 Å². The first-order chi connectivity index (χ1) is 42.1. The van der Waals surface area contributed by atoms with E-state index in [-0.39, 0.29) is 59.5 Å². The van der Waals surface area contributed by atoms with Crippen LogP contribution in [0.1, 0.15) is 123 Å². The van der Waals surface area contributed by atoms with E-state index in [1.54, 1.807) is 0 Å². The number of carbonyl (C=O) groups excluding carboxylic acids is 4. The number of halogens is 2. The van der Waals surface area contributed by atoms with Crippen LogP contribution in [0, 0.1) is 10.8 Å². The average molecular weight is 1290 g/mol. The lowest BCUT2D eigenvalue weighted by atomic mass is 9.70. The summed E-state index contributed by atoms with van der Waals surface area (Å²) in [5.74, 6) is -0.157. The number of esters is 2. The zero-order valence-electron chi connectivity index (χ0n) is 54.6. The number of aliphatic hydroxyl groups is 2. The summed E-state index contributed by atoms with van der Waals surface area (Å²) in [5, 5.41) is 19.5. The molecule has 2 aromatic carbocycles. The highest BCUT2D eigenvalue weighted by molar-refractivity contribution is 6.17. The van der Waals surface area contributed by atoms with Crippen LogP contribution in [0.5, 0.6) is 0 Å². The molecule has 4 unspecified atom stereocenters. The SMILES string of the molecule is C.CC(CO)(COC(=O)OCCCCc1ccc2c3c1C=CC1=CC=CC(=CC2)C13)C(=O)OCCCCl.CN(C)CCN(C)C.CN(C)CC[N+](C)(C)CCCCOC(=O)C(C)(CO)COC(=O)OCCCCc1ccc2c3c1C=CC1=CC=CC(=CC2)C13.[Cl-]. The molecule has 6 aliphatic rings. The first kappa shape index (κ1) is 76.6. The number of rotatable bonds is 32. The van der Waals surface area contributed by atoms with Gasteiger partial charge in [0.2, 0.25) is 0 Å². The fourth-order valence-electron chi connectivity index (χ4n) is 11.1. The Morgan fingerprint density at radius 1 is 0.533 bits per heavy atom. The first-order valence-corrected chi connectivity index (χ1v) is 32.0. The number of aliphatic hydroxyl groups excluding tert-OH is 2. The number of hydrogen-bond donors (Lipinski definition) is 2. The Morgan fingerprint density at radius 3 is 1.36 bits per heavy atom. The topological polar surface area (TPSA) is 174 Å². The Labute approximate surface area is 548 Å². The van der Waals surface area contributed by atoms with Crippen LogP contribution in [0.3, 0.4) is 0 Å². The highest BCUT2D eigenvalue weighted by Crippen LogP contribution is 2.48. The maximum atomic E-state index is 12.7. The van der Waals surface area contributed by atoms with Crippen molar-refractivity contribution < 1.29 is 74.7 Å². The Balaban J connectivity index is 0.000000340. The van der Waals surface area contributed by atoms with E-state index in [0.717, 1.165) is 88.6 Å². The standard InChI is InChI=1S/C36H51N2O6.C29H33ClO6.C6H16N2.CH4.ClH/c1-36(25-39,34(40)42-23-9-7-21-38(4,5)22-20-37(2)3)26-44-35(41)43-24-8-6-11-27-14-15-30-17-16-28-12-10-13-29-18-19-31(27)33(30)32(28)29;1-29(18-31,27(32)34-17-5-15-30)19-36-28(33)35-16-3-2-6-20-9-10-23-12-11-21-7-4-8-22-13-14-24(20)26(23)25(21)22;1-7(2)5-6-8(3)4;;/h10,12-16,18-19,32,39H,6-9,11,17,20-26H2,1-5H3;4,7-11,13-14,25,31H,2-3,5-6,12,15-19H2,1H3;5-6H2,1-4H3;1H4;1H/q+1;;;;/p-1. The molecule has 0 saturated carbocycles. The molecule has 6 aliphatic carbocycles. The number of nitrogens with zero attached hydrogens (tertiary/aromatic N) is 4.